The van der Waals surface area contributed by atoms with E-state index < -0.39 is 17.8 Å². The van der Waals surface area contributed by atoms with Gasteiger partial charge in [0.1, 0.15) is 6.54 Å². The number of carbonyl (C=O) groups excluding carboxylic acids is 2. The summed E-state index contributed by atoms with van der Waals surface area (Å²) in [4.78, 5) is 34.9. The molecule has 3 N–H and O–H groups in total. The van der Waals surface area contributed by atoms with Crippen LogP contribution in [0.1, 0.15) is 30.3 Å². The Morgan fingerprint density at radius 1 is 1.45 bits per heavy atom. The van der Waals surface area contributed by atoms with Gasteiger partial charge >= 0.3 is 5.97 Å². The molecule has 0 bridgehead atoms. The van der Waals surface area contributed by atoms with E-state index in [9.17, 15) is 14.4 Å². The van der Waals surface area contributed by atoms with Gasteiger partial charge in [0.2, 0.25) is 5.91 Å². The van der Waals surface area contributed by atoms with Gasteiger partial charge in [-0.2, -0.15) is 0 Å². The van der Waals surface area contributed by atoms with Crippen LogP contribution >= 0.6 is 0 Å². The van der Waals surface area contributed by atoms with E-state index in [1.54, 1.807) is 0 Å². The van der Waals surface area contributed by atoms with Gasteiger partial charge in [-0.05, 0) is 6.42 Å². The van der Waals surface area contributed by atoms with E-state index in [-0.39, 0.29) is 18.8 Å². The van der Waals surface area contributed by atoms with Crippen molar-refractivity contribution in [1.29, 1.82) is 0 Å². The summed E-state index contributed by atoms with van der Waals surface area (Å²) in [7, 11) is 0. The Labute approximate surface area is 115 Å². The maximum Gasteiger partial charge on any atom is 0.325 e. The quantitative estimate of drug-likeness (QED) is 0.635. The standard InChI is InChI=1S/C11H17N5O4/c1-2-3-4-15(6-9(12)17)11(20)8-5-16(14-13-8)7-10(18)19/h5H,2-4,6-7H2,1H3,(H2,12,17)(H,18,19). The summed E-state index contributed by atoms with van der Waals surface area (Å²) >= 11 is 0. The Hall–Kier alpha value is -2.45. The predicted octanol–water partition coefficient (Wildman–Crippen LogP) is -0.910. The van der Waals surface area contributed by atoms with Crippen molar-refractivity contribution in [3.8, 4) is 0 Å². The second-order valence-corrected chi connectivity index (χ2v) is 4.24. The highest BCUT2D eigenvalue weighted by atomic mass is 16.4. The van der Waals surface area contributed by atoms with Gasteiger partial charge in [-0.1, -0.05) is 18.6 Å². The third-order valence-electron chi connectivity index (χ3n) is 2.47. The molecular formula is C11H17N5O4. The summed E-state index contributed by atoms with van der Waals surface area (Å²) in [5.74, 6) is -2.20. The molecule has 9 nitrogen and oxygen atoms in total. The molecule has 1 rings (SSSR count). The van der Waals surface area contributed by atoms with E-state index in [1.165, 1.54) is 11.1 Å². The van der Waals surface area contributed by atoms with Gasteiger partial charge in [0.05, 0.1) is 12.7 Å². The van der Waals surface area contributed by atoms with Gasteiger partial charge in [0.25, 0.3) is 5.91 Å². The summed E-state index contributed by atoms with van der Waals surface area (Å²) in [6.07, 6.45) is 2.81. The molecule has 1 heterocycles. The minimum Gasteiger partial charge on any atom is -0.480 e. The van der Waals surface area contributed by atoms with Crippen molar-refractivity contribution in [1.82, 2.24) is 19.9 Å². The SMILES string of the molecule is CCCCN(CC(N)=O)C(=O)c1cn(CC(=O)O)nn1. The Bertz CT molecular complexity index is 499. The number of hydrogen-bond donors (Lipinski definition) is 2. The van der Waals surface area contributed by atoms with Crippen molar-refractivity contribution in [3.63, 3.8) is 0 Å². The Balaban J connectivity index is 2.79. The monoisotopic (exact) mass is 283 g/mol. The van der Waals surface area contributed by atoms with E-state index in [4.69, 9.17) is 10.8 Å². The minimum atomic E-state index is -1.09. The number of carbonyl (C=O) groups is 3. The number of aliphatic carboxylic acids is 1. The number of aromatic nitrogens is 3. The Morgan fingerprint density at radius 2 is 2.15 bits per heavy atom. The fraction of sp³-hybridized carbons (Fsp3) is 0.545. The molecule has 20 heavy (non-hydrogen) atoms. The summed E-state index contributed by atoms with van der Waals surface area (Å²) < 4.78 is 1.04. The van der Waals surface area contributed by atoms with Crippen molar-refractivity contribution in [2.45, 2.75) is 26.3 Å². The summed E-state index contributed by atoms with van der Waals surface area (Å²) in [5, 5.41) is 15.8. The number of carboxylic acids is 1. The lowest BCUT2D eigenvalue weighted by atomic mass is 10.3. The lowest BCUT2D eigenvalue weighted by Crippen LogP contribution is -2.39. The molecule has 0 aliphatic carbocycles. The number of primary amides is 1. The van der Waals surface area contributed by atoms with Gasteiger partial charge in [-0.15, -0.1) is 5.10 Å². The lowest BCUT2D eigenvalue weighted by molar-refractivity contribution is -0.137. The lowest BCUT2D eigenvalue weighted by Gasteiger charge is -2.19. The first kappa shape index (κ1) is 15.6. The molecule has 0 radical (unpaired) electrons. The van der Waals surface area contributed by atoms with Crippen LogP contribution < -0.4 is 5.73 Å². The maximum absolute atomic E-state index is 12.1. The van der Waals surface area contributed by atoms with Crippen LogP contribution in [0.25, 0.3) is 0 Å². The van der Waals surface area contributed by atoms with Gasteiger partial charge in [-0.3, -0.25) is 14.4 Å². The average Bonchev–Trinajstić information content (AvgIpc) is 2.80. The summed E-state index contributed by atoms with van der Waals surface area (Å²) in [6.45, 7) is 1.75. The summed E-state index contributed by atoms with van der Waals surface area (Å²) in [5.41, 5.74) is 5.09. The zero-order valence-corrected chi connectivity index (χ0v) is 11.2. The Kier molecular flexibility index (Phi) is 5.63. The van der Waals surface area contributed by atoms with Crippen molar-refractivity contribution < 1.29 is 19.5 Å². The van der Waals surface area contributed by atoms with Crippen molar-refractivity contribution >= 4 is 17.8 Å². The van der Waals surface area contributed by atoms with E-state index in [0.29, 0.717) is 6.54 Å². The highest BCUT2D eigenvalue weighted by molar-refractivity contribution is 5.94. The molecule has 0 unspecified atom stereocenters. The van der Waals surface area contributed by atoms with Crippen molar-refractivity contribution in [2.24, 2.45) is 5.73 Å². The second-order valence-electron chi connectivity index (χ2n) is 4.24. The number of amides is 2. The third kappa shape index (κ3) is 4.67. The molecule has 0 saturated heterocycles. The smallest absolute Gasteiger partial charge is 0.325 e. The molecule has 0 spiro atoms. The first-order valence-electron chi connectivity index (χ1n) is 6.13. The number of carboxylic acid groups (broad SMARTS) is 1. The van der Waals surface area contributed by atoms with Crippen LogP contribution in [0, 0.1) is 0 Å². The molecule has 1 aromatic heterocycles. The van der Waals surface area contributed by atoms with E-state index in [1.807, 2.05) is 6.92 Å². The summed E-state index contributed by atoms with van der Waals surface area (Å²) in [6, 6.07) is 0. The van der Waals surface area contributed by atoms with Gasteiger partial charge in [0.15, 0.2) is 5.69 Å². The fourth-order valence-electron chi connectivity index (χ4n) is 1.56. The Morgan fingerprint density at radius 3 is 2.70 bits per heavy atom. The number of rotatable bonds is 8. The molecule has 0 saturated carbocycles. The largest absolute Gasteiger partial charge is 0.480 e. The van der Waals surface area contributed by atoms with Crippen LogP contribution in [0.4, 0.5) is 0 Å². The molecule has 0 fully saturated rings. The van der Waals surface area contributed by atoms with Gasteiger partial charge < -0.3 is 15.7 Å². The number of nitrogens with two attached hydrogens (primary N) is 1. The van der Waals surface area contributed by atoms with Crippen LogP contribution in [0.15, 0.2) is 6.20 Å². The molecule has 110 valence electrons. The van der Waals surface area contributed by atoms with Crippen molar-refractivity contribution in [2.75, 3.05) is 13.1 Å². The van der Waals surface area contributed by atoms with Gasteiger partial charge in [-0.25, -0.2) is 4.68 Å². The zero-order chi connectivity index (χ0) is 15.1. The van der Waals surface area contributed by atoms with E-state index in [0.717, 1.165) is 17.5 Å². The average molecular weight is 283 g/mol. The molecule has 9 heteroatoms. The first-order valence-corrected chi connectivity index (χ1v) is 6.13. The minimum absolute atomic E-state index is 0.0106. The number of hydrogen-bond acceptors (Lipinski definition) is 5. The zero-order valence-electron chi connectivity index (χ0n) is 11.2. The number of nitrogens with zero attached hydrogens (tertiary/aromatic N) is 4. The molecular weight excluding hydrogens is 266 g/mol. The van der Waals surface area contributed by atoms with E-state index in [2.05, 4.69) is 10.3 Å². The third-order valence-corrected chi connectivity index (χ3v) is 2.47. The van der Waals surface area contributed by atoms with Crippen LogP contribution in [-0.2, 0) is 16.1 Å². The highest BCUT2D eigenvalue weighted by Gasteiger charge is 2.20. The predicted molar refractivity (Wildman–Crippen MR) is 67.7 cm³/mol. The van der Waals surface area contributed by atoms with Crippen LogP contribution in [0.5, 0.6) is 0 Å². The topological polar surface area (TPSA) is 131 Å². The van der Waals surface area contributed by atoms with Crippen LogP contribution in [-0.4, -0.2) is 55.9 Å². The molecule has 0 aliphatic rings. The highest BCUT2D eigenvalue weighted by Crippen LogP contribution is 2.03. The van der Waals surface area contributed by atoms with Gasteiger partial charge in [0, 0.05) is 6.54 Å². The molecule has 0 aromatic carbocycles. The van der Waals surface area contributed by atoms with Crippen molar-refractivity contribution in [3.05, 3.63) is 11.9 Å². The maximum atomic E-state index is 12.1. The van der Waals surface area contributed by atoms with E-state index >= 15 is 0 Å². The van der Waals surface area contributed by atoms with Crippen LogP contribution in [0.3, 0.4) is 0 Å². The second kappa shape index (κ2) is 7.22. The first-order chi connectivity index (χ1) is 9.43. The molecule has 2 amide bonds. The fourth-order valence-corrected chi connectivity index (χ4v) is 1.56. The normalized spacial score (nSPS) is 10.2. The molecule has 0 aliphatic heterocycles. The van der Waals surface area contributed by atoms with Crippen LogP contribution in [0.2, 0.25) is 0 Å². The molecule has 0 atom stereocenters. The number of unbranched alkanes of at least 4 members (excludes halogenated alkanes) is 1. The molecule has 1 aromatic rings.